The van der Waals surface area contributed by atoms with E-state index in [-0.39, 0.29) is 23.3 Å². The molecular weight excluding hydrogens is 412 g/mol. The molecule has 1 N–H and O–H groups in total. The van der Waals surface area contributed by atoms with Crippen molar-refractivity contribution in [1.29, 1.82) is 0 Å². The third kappa shape index (κ3) is 4.70. The summed E-state index contributed by atoms with van der Waals surface area (Å²) in [5.41, 5.74) is 2.00. The number of sulfonamides is 1. The summed E-state index contributed by atoms with van der Waals surface area (Å²) in [5, 5.41) is 2.97. The maximum Gasteiger partial charge on any atom is 0.243 e. The van der Waals surface area contributed by atoms with Gasteiger partial charge in [-0.05, 0) is 49.6 Å². The number of nitrogens with one attached hydrogen (secondary N) is 1. The molecule has 31 heavy (non-hydrogen) atoms. The standard InChI is InChI=1S/C23H26N4O3S/c1-18-24-13-15-27(18)21-11-9-19(10-12-21)16-25-23(28)20-6-5-14-26(17-20)31(29,30)22-7-3-2-4-8-22/h2-4,7-13,15,20H,5-6,14,16-17H2,1H3,(H,25,28)/t20-/m1/s1. The van der Waals surface area contributed by atoms with Crippen molar-refractivity contribution in [2.45, 2.75) is 31.2 Å². The predicted molar refractivity (Wildman–Crippen MR) is 118 cm³/mol. The highest BCUT2D eigenvalue weighted by atomic mass is 32.2. The van der Waals surface area contributed by atoms with Crippen LogP contribution in [0.4, 0.5) is 0 Å². The van der Waals surface area contributed by atoms with Crippen LogP contribution in [0, 0.1) is 12.8 Å². The van der Waals surface area contributed by atoms with Crippen molar-refractivity contribution in [2.75, 3.05) is 13.1 Å². The van der Waals surface area contributed by atoms with Crippen LogP contribution in [0.25, 0.3) is 5.69 Å². The zero-order valence-electron chi connectivity index (χ0n) is 17.4. The summed E-state index contributed by atoms with van der Waals surface area (Å²) in [7, 11) is -3.58. The lowest BCUT2D eigenvalue weighted by molar-refractivity contribution is -0.126. The Morgan fingerprint density at radius 1 is 1.13 bits per heavy atom. The lowest BCUT2D eigenvalue weighted by Gasteiger charge is -2.31. The van der Waals surface area contributed by atoms with E-state index in [4.69, 9.17) is 0 Å². The molecule has 1 amide bonds. The first kappa shape index (κ1) is 21.3. The summed E-state index contributed by atoms with van der Waals surface area (Å²) < 4.78 is 29.2. The molecule has 1 aromatic heterocycles. The van der Waals surface area contributed by atoms with Crippen LogP contribution in [0.1, 0.15) is 24.2 Å². The molecule has 0 radical (unpaired) electrons. The highest BCUT2D eigenvalue weighted by Crippen LogP contribution is 2.24. The predicted octanol–water partition coefficient (Wildman–Crippen LogP) is 2.90. The molecule has 1 saturated heterocycles. The van der Waals surface area contributed by atoms with Crippen molar-refractivity contribution in [1.82, 2.24) is 19.2 Å². The molecule has 3 aromatic rings. The zero-order valence-corrected chi connectivity index (χ0v) is 18.3. The van der Waals surface area contributed by atoms with Crippen molar-refractivity contribution < 1.29 is 13.2 Å². The van der Waals surface area contributed by atoms with Crippen LogP contribution in [0.3, 0.4) is 0 Å². The van der Waals surface area contributed by atoms with Gasteiger partial charge in [-0.1, -0.05) is 30.3 Å². The first-order valence-electron chi connectivity index (χ1n) is 10.4. The van der Waals surface area contributed by atoms with Crippen LogP contribution in [0.2, 0.25) is 0 Å². The van der Waals surface area contributed by atoms with Gasteiger partial charge in [-0.25, -0.2) is 13.4 Å². The second kappa shape index (κ2) is 9.03. The molecule has 4 rings (SSSR count). The number of hydrogen-bond acceptors (Lipinski definition) is 4. The Balaban J connectivity index is 1.36. The SMILES string of the molecule is Cc1nccn1-c1ccc(CNC(=O)[C@@H]2CCCN(S(=O)(=O)c3ccccc3)C2)cc1. The van der Waals surface area contributed by atoms with Crippen molar-refractivity contribution in [3.05, 3.63) is 78.4 Å². The molecule has 0 saturated carbocycles. The van der Waals surface area contributed by atoms with E-state index in [2.05, 4.69) is 10.3 Å². The minimum Gasteiger partial charge on any atom is -0.352 e. The van der Waals surface area contributed by atoms with Gasteiger partial charge < -0.3 is 9.88 Å². The third-order valence-corrected chi connectivity index (χ3v) is 7.52. The number of piperidine rings is 1. The van der Waals surface area contributed by atoms with Crippen LogP contribution >= 0.6 is 0 Å². The van der Waals surface area contributed by atoms with Crippen LogP contribution in [-0.2, 0) is 21.4 Å². The lowest BCUT2D eigenvalue weighted by atomic mass is 9.99. The molecule has 1 aliphatic rings. The van der Waals surface area contributed by atoms with E-state index < -0.39 is 10.0 Å². The van der Waals surface area contributed by atoms with E-state index in [0.29, 0.717) is 25.9 Å². The first-order chi connectivity index (χ1) is 14.9. The topological polar surface area (TPSA) is 84.3 Å². The van der Waals surface area contributed by atoms with Crippen LogP contribution in [0.15, 0.2) is 71.9 Å². The van der Waals surface area contributed by atoms with Gasteiger partial charge in [-0.15, -0.1) is 0 Å². The Kier molecular flexibility index (Phi) is 6.20. The summed E-state index contributed by atoms with van der Waals surface area (Å²) in [4.78, 5) is 17.2. The smallest absolute Gasteiger partial charge is 0.243 e. The van der Waals surface area contributed by atoms with E-state index in [1.165, 1.54) is 4.31 Å². The van der Waals surface area contributed by atoms with Gasteiger partial charge in [0.2, 0.25) is 15.9 Å². The average Bonchev–Trinajstić information content (AvgIpc) is 3.24. The molecule has 0 spiro atoms. The highest BCUT2D eigenvalue weighted by molar-refractivity contribution is 7.89. The fraction of sp³-hybridized carbons (Fsp3) is 0.304. The number of imidazole rings is 1. The third-order valence-electron chi connectivity index (χ3n) is 5.64. The minimum atomic E-state index is -3.58. The lowest BCUT2D eigenvalue weighted by Crippen LogP contribution is -2.45. The summed E-state index contributed by atoms with van der Waals surface area (Å²) in [6.45, 7) is 3.00. The molecule has 2 heterocycles. The van der Waals surface area contributed by atoms with E-state index in [0.717, 1.165) is 17.1 Å². The normalized spacial score (nSPS) is 17.4. The van der Waals surface area contributed by atoms with E-state index in [1.807, 2.05) is 42.0 Å². The highest BCUT2D eigenvalue weighted by Gasteiger charge is 2.33. The number of aryl methyl sites for hydroxylation is 1. The number of carbonyl (C=O) groups excluding carboxylic acids is 1. The fourth-order valence-corrected chi connectivity index (χ4v) is 5.42. The largest absolute Gasteiger partial charge is 0.352 e. The van der Waals surface area contributed by atoms with E-state index in [9.17, 15) is 13.2 Å². The van der Waals surface area contributed by atoms with Crippen molar-refractivity contribution >= 4 is 15.9 Å². The summed E-state index contributed by atoms with van der Waals surface area (Å²) in [5.74, 6) is 0.455. The van der Waals surface area contributed by atoms with Crippen LogP contribution in [-0.4, -0.2) is 41.3 Å². The molecule has 7 nitrogen and oxygen atoms in total. The first-order valence-corrected chi connectivity index (χ1v) is 11.8. The van der Waals surface area contributed by atoms with E-state index in [1.54, 1.807) is 36.5 Å². The van der Waals surface area contributed by atoms with Gasteiger partial charge in [-0.2, -0.15) is 4.31 Å². The summed E-state index contributed by atoms with van der Waals surface area (Å²) in [6.07, 6.45) is 5.02. The van der Waals surface area contributed by atoms with Crippen molar-refractivity contribution in [2.24, 2.45) is 5.92 Å². The fourth-order valence-electron chi connectivity index (χ4n) is 3.88. The van der Waals surface area contributed by atoms with Crippen molar-refractivity contribution in [3.63, 3.8) is 0 Å². The van der Waals surface area contributed by atoms with Gasteiger partial charge in [0.05, 0.1) is 10.8 Å². The molecule has 0 bridgehead atoms. The maximum absolute atomic E-state index is 12.9. The Bertz CT molecular complexity index is 1140. The number of aromatic nitrogens is 2. The number of hydrogen-bond donors (Lipinski definition) is 1. The zero-order chi connectivity index (χ0) is 21.8. The second-order valence-electron chi connectivity index (χ2n) is 7.74. The average molecular weight is 439 g/mol. The Hall–Kier alpha value is -2.97. The van der Waals surface area contributed by atoms with Crippen LogP contribution < -0.4 is 5.32 Å². The molecule has 0 unspecified atom stereocenters. The summed E-state index contributed by atoms with van der Waals surface area (Å²) >= 11 is 0. The quantitative estimate of drug-likeness (QED) is 0.641. The Morgan fingerprint density at radius 3 is 2.55 bits per heavy atom. The molecule has 0 aliphatic carbocycles. The minimum absolute atomic E-state index is 0.109. The number of carbonyl (C=O) groups is 1. The molecule has 1 atom stereocenters. The van der Waals surface area contributed by atoms with Gasteiger partial charge in [0, 0.05) is 37.7 Å². The molecule has 1 fully saturated rings. The molecule has 8 heteroatoms. The number of amides is 1. The van der Waals surface area contributed by atoms with Gasteiger partial charge >= 0.3 is 0 Å². The second-order valence-corrected chi connectivity index (χ2v) is 9.68. The molecule has 2 aromatic carbocycles. The van der Waals surface area contributed by atoms with Gasteiger partial charge in [0.25, 0.3) is 0 Å². The molecule has 1 aliphatic heterocycles. The Morgan fingerprint density at radius 2 is 1.87 bits per heavy atom. The number of nitrogens with zero attached hydrogens (tertiary/aromatic N) is 3. The van der Waals surface area contributed by atoms with Gasteiger partial charge in [0.1, 0.15) is 5.82 Å². The van der Waals surface area contributed by atoms with Gasteiger partial charge in [-0.3, -0.25) is 4.79 Å². The Labute approximate surface area is 182 Å². The van der Waals surface area contributed by atoms with Crippen molar-refractivity contribution in [3.8, 4) is 5.69 Å². The molecular formula is C23H26N4O3S. The number of rotatable bonds is 6. The number of benzene rings is 2. The van der Waals surface area contributed by atoms with E-state index >= 15 is 0 Å². The monoisotopic (exact) mass is 438 g/mol. The van der Waals surface area contributed by atoms with Crippen LogP contribution in [0.5, 0.6) is 0 Å². The van der Waals surface area contributed by atoms with Gasteiger partial charge in [0.15, 0.2) is 0 Å². The molecule has 162 valence electrons. The summed E-state index contributed by atoms with van der Waals surface area (Å²) in [6, 6.07) is 16.3. The maximum atomic E-state index is 12.9.